The number of aromatic nitrogens is 2. The molecule has 0 aliphatic carbocycles. The van der Waals surface area contributed by atoms with Crippen LogP contribution in [0.3, 0.4) is 0 Å². The molecule has 0 radical (unpaired) electrons. The van der Waals surface area contributed by atoms with Crippen molar-refractivity contribution in [3.05, 3.63) is 96.2 Å². The molecule has 0 saturated heterocycles. The lowest BCUT2D eigenvalue weighted by molar-refractivity contribution is 0.0925. The maximum absolute atomic E-state index is 14.0. The Hall–Kier alpha value is -3.86. The molecule has 2 N–H and O–H groups in total. The van der Waals surface area contributed by atoms with Crippen LogP contribution in [-0.2, 0) is 6.54 Å². The number of unbranched alkanes of at least 4 members (excludes halogenated alkanes) is 1. The van der Waals surface area contributed by atoms with E-state index in [9.17, 15) is 4.79 Å². The van der Waals surface area contributed by atoms with E-state index in [1.807, 2.05) is 84.4 Å². The second-order valence-electron chi connectivity index (χ2n) is 8.65. The Morgan fingerprint density at radius 2 is 1.60 bits per heavy atom. The first kappa shape index (κ1) is 24.3. The minimum atomic E-state index is -0.101. The van der Waals surface area contributed by atoms with Gasteiger partial charge in [-0.2, -0.15) is 0 Å². The van der Waals surface area contributed by atoms with Crippen LogP contribution < -0.4 is 10.6 Å². The number of hydrogen-bond acceptors (Lipinski definition) is 3. The van der Waals surface area contributed by atoms with E-state index in [0.29, 0.717) is 17.9 Å². The van der Waals surface area contributed by atoms with Gasteiger partial charge in [-0.25, -0.2) is 4.98 Å². The average molecular weight is 467 g/mol. The summed E-state index contributed by atoms with van der Waals surface area (Å²) in [6, 6.07) is 28.3. The Kier molecular flexibility index (Phi) is 7.99. The highest BCUT2D eigenvalue weighted by Gasteiger charge is 2.26. The second-order valence-corrected chi connectivity index (χ2v) is 8.65. The summed E-state index contributed by atoms with van der Waals surface area (Å²) in [5.74, 6) is 0.698. The van der Waals surface area contributed by atoms with Gasteiger partial charge >= 0.3 is 0 Å². The summed E-state index contributed by atoms with van der Waals surface area (Å²) in [5, 5.41) is 6.54. The molecule has 1 amide bonds. The van der Waals surface area contributed by atoms with Crippen molar-refractivity contribution in [3.8, 4) is 22.6 Å². The van der Waals surface area contributed by atoms with Gasteiger partial charge < -0.3 is 15.2 Å². The van der Waals surface area contributed by atoms with E-state index < -0.39 is 0 Å². The van der Waals surface area contributed by atoms with Gasteiger partial charge in [0, 0.05) is 30.4 Å². The molecular formula is C30H34N4O. The molecule has 35 heavy (non-hydrogen) atoms. The van der Waals surface area contributed by atoms with E-state index >= 15 is 0 Å². The Labute approximate surface area is 208 Å². The topological polar surface area (TPSA) is 59.0 Å². The number of imidazole rings is 1. The molecule has 5 heteroatoms. The molecule has 4 rings (SSSR count). The molecule has 0 spiro atoms. The smallest absolute Gasteiger partial charge is 0.270 e. The van der Waals surface area contributed by atoms with Crippen LogP contribution >= 0.6 is 0 Å². The van der Waals surface area contributed by atoms with Crippen LogP contribution in [0.4, 0.5) is 5.69 Å². The highest BCUT2D eigenvalue weighted by molar-refractivity contribution is 6.00. The fraction of sp³-hybridized carbons (Fsp3) is 0.267. The zero-order chi connectivity index (χ0) is 24.6. The van der Waals surface area contributed by atoms with Gasteiger partial charge in [0.25, 0.3) is 5.91 Å². The standard InChI is InChI=1S/C30H34N4O/c1-4-6-20-26(22-14-9-7-10-15-22)32-30(35)28-27(24-18-13-19-25(21-24)31-3)33-29(34(28)5-2)23-16-11-8-12-17-23/h7-19,21,26,31H,4-6,20H2,1-3H3,(H,32,35). The number of hydrogen-bond donors (Lipinski definition) is 2. The third kappa shape index (κ3) is 5.46. The Morgan fingerprint density at radius 1 is 0.914 bits per heavy atom. The number of anilines is 1. The van der Waals surface area contributed by atoms with E-state index in [0.717, 1.165) is 47.5 Å². The van der Waals surface area contributed by atoms with Crippen molar-refractivity contribution in [1.29, 1.82) is 0 Å². The molecule has 1 atom stereocenters. The fourth-order valence-electron chi connectivity index (χ4n) is 4.46. The fourth-order valence-corrected chi connectivity index (χ4v) is 4.46. The highest BCUT2D eigenvalue weighted by Crippen LogP contribution is 2.32. The lowest BCUT2D eigenvalue weighted by atomic mass is 10.0. The largest absolute Gasteiger partial charge is 0.388 e. The van der Waals surface area contributed by atoms with E-state index in [1.165, 1.54) is 0 Å². The lowest BCUT2D eigenvalue weighted by Crippen LogP contribution is -2.31. The van der Waals surface area contributed by atoms with Crippen molar-refractivity contribution in [2.45, 2.75) is 45.7 Å². The molecule has 1 heterocycles. The van der Waals surface area contributed by atoms with Crippen molar-refractivity contribution in [2.75, 3.05) is 12.4 Å². The lowest BCUT2D eigenvalue weighted by Gasteiger charge is -2.20. The van der Waals surface area contributed by atoms with E-state index in [4.69, 9.17) is 4.98 Å². The molecule has 0 bridgehead atoms. The van der Waals surface area contributed by atoms with E-state index in [2.05, 4.69) is 36.6 Å². The van der Waals surface area contributed by atoms with Crippen LogP contribution in [-0.4, -0.2) is 22.5 Å². The minimum absolute atomic E-state index is 0.0551. The molecular weight excluding hydrogens is 432 g/mol. The average Bonchev–Trinajstić information content (AvgIpc) is 3.32. The van der Waals surface area contributed by atoms with Gasteiger partial charge in [0.2, 0.25) is 0 Å². The SMILES string of the molecule is CCCCC(NC(=O)c1c(-c2cccc(NC)c2)nc(-c2ccccc2)n1CC)c1ccccc1. The Morgan fingerprint density at radius 3 is 2.26 bits per heavy atom. The first-order chi connectivity index (χ1) is 17.2. The van der Waals surface area contributed by atoms with Crippen LogP contribution in [0.25, 0.3) is 22.6 Å². The van der Waals surface area contributed by atoms with Crippen LogP contribution in [0.2, 0.25) is 0 Å². The third-order valence-corrected chi connectivity index (χ3v) is 6.31. The molecule has 1 unspecified atom stereocenters. The van der Waals surface area contributed by atoms with Gasteiger partial charge in [-0.1, -0.05) is 92.6 Å². The monoisotopic (exact) mass is 466 g/mol. The predicted molar refractivity (Wildman–Crippen MR) is 144 cm³/mol. The Bertz CT molecular complexity index is 1250. The molecule has 3 aromatic carbocycles. The summed E-state index contributed by atoms with van der Waals surface area (Å²) in [5.41, 5.74) is 5.30. The van der Waals surface area contributed by atoms with Crippen LogP contribution in [0.5, 0.6) is 0 Å². The van der Waals surface area contributed by atoms with Crippen molar-refractivity contribution < 1.29 is 4.79 Å². The summed E-state index contributed by atoms with van der Waals surface area (Å²) in [4.78, 5) is 19.0. The Balaban J connectivity index is 1.82. The molecule has 0 fully saturated rings. The predicted octanol–water partition coefficient (Wildman–Crippen LogP) is 6.94. The molecule has 1 aromatic heterocycles. The number of nitrogens with zero attached hydrogens (tertiary/aromatic N) is 2. The number of amides is 1. The first-order valence-corrected chi connectivity index (χ1v) is 12.5. The van der Waals surface area contributed by atoms with Gasteiger partial charge in [0.1, 0.15) is 17.2 Å². The van der Waals surface area contributed by atoms with Crippen molar-refractivity contribution >= 4 is 11.6 Å². The van der Waals surface area contributed by atoms with Gasteiger partial charge in [0.15, 0.2) is 0 Å². The van der Waals surface area contributed by atoms with E-state index in [-0.39, 0.29) is 11.9 Å². The van der Waals surface area contributed by atoms with Gasteiger partial charge in [-0.3, -0.25) is 4.79 Å². The van der Waals surface area contributed by atoms with Crippen molar-refractivity contribution in [1.82, 2.24) is 14.9 Å². The molecule has 4 aromatic rings. The number of rotatable bonds is 10. The maximum Gasteiger partial charge on any atom is 0.270 e. The highest BCUT2D eigenvalue weighted by atomic mass is 16.2. The number of carbonyl (C=O) groups excluding carboxylic acids is 1. The minimum Gasteiger partial charge on any atom is -0.388 e. The molecule has 0 saturated carbocycles. The summed E-state index contributed by atoms with van der Waals surface area (Å²) in [6.07, 6.45) is 3.01. The van der Waals surface area contributed by atoms with Crippen LogP contribution in [0.15, 0.2) is 84.9 Å². The third-order valence-electron chi connectivity index (χ3n) is 6.31. The quantitative estimate of drug-likeness (QED) is 0.266. The summed E-state index contributed by atoms with van der Waals surface area (Å²) in [6.45, 7) is 4.87. The number of nitrogens with one attached hydrogen (secondary N) is 2. The van der Waals surface area contributed by atoms with Gasteiger partial charge in [0.05, 0.1) is 6.04 Å². The molecule has 180 valence electrons. The summed E-state index contributed by atoms with van der Waals surface area (Å²) in [7, 11) is 1.89. The van der Waals surface area contributed by atoms with Crippen LogP contribution in [0, 0.1) is 0 Å². The molecule has 0 aliphatic rings. The molecule has 0 aliphatic heterocycles. The normalized spacial score (nSPS) is 11.7. The zero-order valence-corrected chi connectivity index (χ0v) is 20.8. The molecule has 5 nitrogen and oxygen atoms in total. The summed E-state index contributed by atoms with van der Waals surface area (Å²) < 4.78 is 2.04. The van der Waals surface area contributed by atoms with Crippen molar-refractivity contribution in [3.63, 3.8) is 0 Å². The first-order valence-electron chi connectivity index (χ1n) is 12.5. The van der Waals surface area contributed by atoms with Crippen molar-refractivity contribution in [2.24, 2.45) is 0 Å². The second kappa shape index (κ2) is 11.5. The van der Waals surface area contributed by atoms with Gasteiger partial charge in [-0.05, 0) is 31.0 Å². The number of carbonyl (C=O) groups is 1. The zero-order valence-electron chi connectivity index (χ0n) is 20.8. The number of benzene rings is 3. The van der Waals surface area contributed by atoms with Crippen LogP contribution in [0.1, 0.15) is 55.2 Å². The van der Waals surface area contributed by atoms with Gasteiger partial charge in [-0.15, -0.1) is 0 Å². The van der Waals surface area contributed by atoms with E-state index in [1.54, 1.807) is 0 Å². The maximum atomic E-state index is 14.0. The summed E-state index contributed by atoms with van der Waals surface area (Å²) >= 11 is 0.